The van der Waals surface area contributed by atoms with Crippen molar-refractivity contribution in [3.05, 3.63) is 113 Å². The summed E-state index contributed by atoms with van der Waals surface area (Å²) in [5.41, 5.74) is 7.34. The number of ether oxygens (including phenoxy) is 2. The molecule has 40 heavy (non-hydrogen) atoms. The SMILES string of the molecule is C=Cc1cnc(C(=O)Cc2cccc(-c3cccc(NC(=O)c4cc(OC)c(C=C)cn4)c3C)c2C)cc1OC. The van der Waals surface area contributed by atoms with Gasteiger partial charge in [0.05, 0.1) is 14.2 Å². The quantitative estimate of drug-likeness (QED) is 0.227. The molecule has 7 heteroatoms. The van der Waals surface area contributed by atoms with E-state index in [2.05, 4.69) is 28.4 Å². The lowest BCUT2D eigenvalue weighted by Gasteiger charge is -2.16. The fourth-order valence-electron chi connectivity index (χ4n) is 4.51. The van der Waals surface area contributed by atoms with Gasteiger partial charge < -0.3 is 14.8 Å². The molecule has 4 rings (SSSR count). The zero-order valence-electron chi connectivity index (χ0n) is 23.1. The van der Waals surface area contributed by atoms with Crippen LogP contribution < -0.4 is 14.8 Å². The maximum Gasteiger partial charge on any atom is 0.274 e. The number of carbonyl (C=O) groups is 2. The average molecular weight is 534 g/mol. The Balaban J connectivity index is 1.61. The van der Waals surface area contributed by atoms with Gasteiger partial charge in [-0.3, -0.25) is 19.6 Å². The number of Topliss-reactive ketones (excluding diaryl/α,β-unsaturated/α-hetero) is 1. The standard InChI is InChI=1S/C33H31N3O4/c1-7-22-18-34-28(16-31(22)39-5)30(37)15-24-11-9-12-25(20(24)3)26-13-10-14-27(21(26)4)36-33(38)29-17-32(40-6)23(8-2)19-35-29/h7-14,16-19H,1-2,15H2,3-6H3,(H,36,38). The van der Waals surface area contributed by atoms with Crippen molar-refractivity contribution in [3.8, 4) is 22.6 Å². The lowest BCUT2D eigenvalue weighted by atomic mass is 9.91. The highest BCUT2D eigenvalue weighted by Gasteiger charge is 2.17. The van der Waals surface area contributed by atoms with Crippen LogP contribution in [0.3, 0.4) is 0 Å². The van der Waals surface area contributed by atoms with Crippen LogP contribution in [0.25, 0.3) is 23.3 Å². The number of aromatic nitrogens is 2. The fraction of sp³-hybridized carbons (Fsp3) is 0.152. The number of hydrogen-bond acceptors (Lipinski definition) is 6. The van der Waals surface area contributed by atoms with Gasteiger partial charge in [-0.15, -0.1) is 0 Å². The molecular formula is C33H31N3O4. The number of hydrogen-bond donors (Lipinski definition) is 1. The predicted molar refractivity (Wildman–Crippen MR) is 159 cm³/mol. The number of rotatable bonds is 10. The van der Waals surface area contributed by atoms with E-state index in [1.165, 1.54) is 7.11 Å². The Morgan fingerprint density at radius 2 is 1.38 bits per heavy atom. The Kier molecular flexibility index (Phi) is 8.54. The third-order valence-corrected chi connectivity index (χ3v) is 6.86. The monoisotopic (exact) mass is 533 g/mol. The third kappa shape index (κ3) is 5.68. The zero-order valence-corrected chi connectivity index (χ0v) is 23.1. The van der Waals surface area contributed by atoms with E-state index in [0.717, 1.165) is 33.4 Å². The first-order chi connectivity index (χ1) is 19.3. The van der Waals surface area contributed by atoms with Crippen LogP contribution in [0.15, 0.2) is 74.1 Å². The van der Waals surface area contributed by atoms with Crippen molar-refractivity contribution in [1.82, 2.24) is 9.97 Å². The highest BCUT2D eigenvalue weighted by molar-refractivity contribution is 6.04. The van der Waals surface area contributed by atoms with E-state index in [9.17, 15) is 9.59 Å². The van der Waals surface area contributed by atoms with Crippen LogP contribution in [-0.4, -0.2) is 35.9 Å². The highest BCUT2D eigenvalue weighted by atomic mass is 16.5. The van der Waals surface area contributed by atoms with Crippen molar-refractivity contribution in [2.75, 3.05) is 19.5 Å². The van der Waals surface area contributed by atoms with E-state index >= 15 is 0 Å². The molecule has 7 nitrogen and oxygen atoms in total. The van der Waals surface area contributed by atoms with E-state index in [4.69, 9.17) is 9.47 Å². The maximum atomic E-state index is 13.1. The van der Waals surface area contributed by atoms with Gasteiger partial charge in [0.25, 0.3) is 5.91 Å². The smallest absolute Gasteiger partial charge is 0.274 e. The number of methoxy groups -OCH3 is 2. The number of pyridine rings is 2. The normalized spacial score (nSPS) is 10.5. The number of ketones is 1. The molecule has 0 atom stereocenters. The van der Waals surface area contributed by atoms with Gasteiger partial charge in [0.1, 0.15) is 22.9 Å². The summed E-state index contributed by atoms with van der Waals surface area (Å²) in [6, 6.07) is 14.9. The summed E-state index contributed by atoms with van der Waals surface area (Å²) in [6.45, 7) is 11.4. The molecule has 0 spiro atoms. The number of anilines is 1. The molecule has 0 bridgehead atoms. The summed E-state index contributed by atoms with van der Waals surface area (Å²) < 4.78 is 10.7. The van der Waals surface area contributed by atoms with Crippen LogP contribution in [-0.2, 0) is 6.42 Å². The van der Waals surface area contributed by atoms with Crippen molar-refractivity contribution in [3.63, 3.8) is 0 Å². The Hall–Kier alpha value is -5.04. The number of amides is 1. The van der Waals surface area contributed by atoms with E-state index < -0.39 is 0 Å². The van der Waals surface area contributed by atoms with Gasteiger partial charge in [0.15, 0.2) is 5.78 Å². The molecule has 0 aliphatic carbocycles. The van der Waals surface area contributed by atoms with Crippen molar-refractivity contribution < 1.29 is 19.1 Å². The molecule has 0 saturated heterocycles. The Morgan fingerprint density at radius 3 is 1.98 bits per heavy atom. The molecule has 202 valence electrons. The second-order valence-electron chi connectivity index (χ2n) is 9.15. The van der Waals surface area contributed by atoms with E-state index in [0.29, 0.717) is 28.4 Å². The Morgan fingerprint density at radius 1 is 0.825 bits per heavy atom. The lowest BCUT2D eigenvalue weighted by Crippen LogP contribution is -2.15. The van der Waals surface area contributed by atoms with Crippen LogP contribution in [0.2, 0.25) is 0 Å². The largest absolute Gasteiger partial charge is 0.496 e. The molecule has 2 aromatic heterocycles. The number of carbonyl (C=O) groups excluding carboxylic acids is 2. The molecule has 0 unspecified atom stereocenters. The fourth-order valence-corrected chi connectivity index (χ4v) is 4.51. The van der Waals surface area contributed by atoms with Crippen LogP contribution in [0.4, 0.5) is 5.69 Å². The highest BCUT2D eigenvalue weighted by Crippen LogP contribution is 2.33. The molecule has 4 aromatic rings. The number of nitrogens with zero attached hydrogens (tertiary/aromatic N) is 2. The maximum absolute atomic E-state index is 13.1. The molecule has 0 fully saturated rings. The first-order valence-electron chi connectivity index (χ1n) is 12.7. The first-order valence-corrected chi connectivity index (χ1v) is 12.7. The summed E-state index contributed by atoms with van der Waals surface area (Å²) in [6.07, 6.45) is 6.59. The second-order valence-corrected chi connectivity index (χ2v) is 9.15. The van der Waals surface area contributed by atoms with E-state index in [1.54, 1.807) is 43.8 Å². The van der Waals surface area contributed by atoms with Crippen LogP contribution in [0.5, 0.6) is 11.5 Å². The third-order valence-electron chi connectivity index (χ3n) is 6.86. The van der Waals surface area contributed by atoms with Gasteiger partial charge in [-0.2, -0.15) is 0 Å². The summed E-state index contributed by atoms with van der Waals surface area (Å²) >= 11 is 0. The molecule has 0 radical (unpaired) electrons. The summed E-state index contributed by atoms with van der Waals surface area (Å²) in [5, 5.41) is 2.97. The van der Waals surface area contributed by atoms with Gasteiger partial charge in [0.2, 0.25) is 0 Å². The molecule has 0 saturated carbocycles. The summed E-state index contributed by atoms with van der Waals surface area (Å²) in [5.74, 6) is 0.611. The lowest BCUT2D eigenvalue weighted by molar-refractivity contribution is 0.0985. The molecular weight excluding hydrogens is 502 g/mol. The minimum Gasteiger partial charge on any atom is -0.496 e. The topological polar surface area (TPSA) is 90.4 Å². The van der Waals surface area contributed by atoms with Crippen LogP contribution >= 0.6 is 0 Å². The van der Waals surface area contributed by atoms with Crippen molar-refractivity contribution in [1.29, 1.82) is 0 Å². The zero-order chi connectivity index (χ0) is 28.8. The van der Waals surface area contributed by atoms with Crippen LogP contribution in [0.1, 0.15) is 48.8 Å². The molecule has 2 aromatic carbocycles. The molecule has 0 aliphatic heterocycles. The van der Waals surface area contributed by atoms with E-state index in [1.807, 2.05) is 50.2 Å². The Bertz CT molecular complexity index is 1500. The molecule has 1 amide bonds. The Labute approximate surface area is 234 Å². The minimum absolute atomic E-state index is 0.114. The average Bonchev–Trinajstić information content (AvgIpc) is 2.98. The van der Waals surface area contributed by atoms with Gasteiger partial charge in [-0.05, 0) is 47.7 Å². The first kappa shape index (κ1) is 28.0. The van der Waals surface area contributed by atoms with Crippen molar-refractivity contribution in [2.45, 2.75) is 20.3 Å². The van der Waals surface area contributed by atoms with Gasteiger partial charge in [-0.1, -0.05) is 55.6 Å². The van der Waals surface area contributed by atoms with Gasteiger partial charge >= 0.3 is 0 Å². The molecule has 2 heterocycles. The molecule has 1 N–H and O–H groups in total. The molecule has 0 aliphatic rings. The van der Waals surface area contributed by atoms with E-state index in [-0.39, 0.29) is 23.8 Å². The number of benzene rings is 2. The summed E-state index contributed by atoms with van der Waals surface area (Å²) in [4.78, 5) is 34.7. The number of nitrogens with one attached hydrogen (secondary N) is 1. The van der Waals surface area contributed by atoms with Crippen LogP contribution in [0, 0.1) is 13.8 Å². The van der Waals surface area contributed by atoms with Crippen molar-refractivity contribution in [2.24, 2.45) is 0 Å². The second kappa shape index (κ2) is 12.2. The van der Waals surface area contributed by atoms with Gasteiger partial charge in [-0.25, -0.2) is 0 Å². The summed E-state index contributed by atoms with van der Waals surface area (Å²) in [7, 11) is 3.09. The minimum atomic E-state index is -0.351. The van der Waals surface area contributed by atoms with Gasteiger partial charge in [0, 0.05) is 47.8 Å². The van der Waals surface area contributed by atoms with Crippen molar-refractivity contribution >= 4 is 29.5 Å². The predicted octanol–water partition coefficient (Wildman–Crippen LogP) is 6.74.